The molecule has 1 atom stereocenters. The molecule has 1 aliphatic rings. The molecule has 4 aromatic rings. The number of likely N-dealkylation sites (N-methyl/N-ethyl adjacent to an activating group) is 1. The number of aliphatic carboxylic acids is 3. The van der Waals surface area contributed by atoms with Crippen molar-refractivity contribution in [1.82, 2.24) is 34.5 Å². The molecule has 18 heteroatoms. The van der Waals surface area contributed by atoms with E-state index < -0.39 is 31.1 Å². The van der Waals surface area contributed by atoms with Gasteiger partial charge in [0.15, 0.2) is 0 Å². The second-order valence-electron chi connectivity index (χ2n) is 14.5. The minimum Gasteiger partial charge on any atom is -0.480 e. The van der Waals surface area contributed by atoms with Crippen LogP contribution in [0.3, 0.4) is 0 Å². The first-order chi connectivity index (χ1) is 27.8. The first-order valence-corrected chi connectivity index (χ1v) is 19.1. The van der Waals surface area contributed by atoms with Gasteiger partial charge in [0, 0.05) is 89.5 Å². The number of hydroxylamine groups is 2. The van der Waals surface area contributed by atoms with Gasteiger partial charge < -0.3 is 35.1 Å². The monoisotopic (exact) mass is 801 g/mol. The maximum atomic E-state index is 14.5. The third-order valence-corrected chi connectivity index (χ3v) is 10.5. The molecule has 1 unspecified atom stereocenters. The predicted octanol–water partition coefficient (Wildman–Crippen LogP) is 0.106. The van der Waals surface area contributed by atoms with Gasteiger partial charge in [-0.15, -0.1) is 0 Å². The summed E-state index contributed by atoms with van der Waals surface area (Å²) in [4.78, 5) is 68.8. The van der Waals surface area contributed by atoms with Gasteiger partial charge in [-0.3, -0.25) is 43.8 Å². The fourth-order valence-electron chi connectivity index (χ4n) is 7.31. The molecule has 58 heavy (non-hydrogen) atoms. The number of rotatable bonds is 16. The Labute approximate surface area is 337 Å². The number of hydrogen-bond donors (Lipinski definition) is 5. The minimum absolute atomic E-state index is 0.0649. The Hall–Kier alpha value is -5.05. The standard InChI is InChI=1S/C40H52BN7O10/c1-43(37(49)25-44-13-15-45(26-38(50)51)17-19-47(28-40(54)55)20-18-46(16-14-44)27-39(52)53)36(24-48(58-2)23-31-8-4-6-10-34(31)41(56)57)29-11-12-35-33(21-29)32-9-5-3-7-30(32)22-42-35/h3-12,21-22,36,56-57H,13-20,23-28H2,1-2H3,(H,50,51)(H,52,53)(H,54,55). The Balaban J connectivity index is 1.45. The first kappa shape index (κ1) is 44.1. The van der Waals surface area contributed by atoms with E-state index in [0.717, 1.165) is 27.2 Å². The van der Waals surface area contributed by atoms with Gasteiger partial charge in [0.05, 0.1) is 44.8 Å². The van der Waals surface area contributed by atoms with E-state index in [-0.39, 0.29) is 97.5 Å². The molecule has 1 aromatic heterocycles. The zero-order valence-corrected chi connectivity index (χ0v) is 32.9. The van der Waals surface area contributed by atoms with Crippen LogP contribution in [0.15, 0.2) is 72.9 Å². The van der Waals surface area contributed by atoms with Gasteiger partial charge in [-0.2, -0.15) is 5.06 Å². The number of benzene rings is 3. The van der Waals surface area contributed by atoms with Crippen molar-refractivity contribution in [3.63, 3.8) is 0 Å². The maximum absolute atomic E-state index is 14.5. The Morgan fingerprint density at radius 3 is 1.78 bits per heavy atom. The van der Waals surface area contributed by atoms with Crippen molar-refractivity contribution in [3.8, 4) is 0 Å². The molecule has 0 saturated carbocycles. The molecule has 1 aliphatic heterocycles. The van der Waals surface area contributed by atoms with Gasteiger partial charge in [0.25, 0.3) is 0 Å². The molecule has 2 heterocycles. The molecule has 5 N–H and O–H groups in total. The molecule has 1 amide bonds. The lowest BCUT2D eigenvalue weighted by atomic mass is 9.77. The number of amides is 1. The van der Waals surface area contributed by atoms with Crippen LogP contribution >= 0.6 is 0 Å². The molecule has 310 valence electrons. The minimum atomic E-state index is -1.70. The third-order valence-electron chi connectivity index (χ3n) is 10.5. The van der Waals surface area contributed by atoms with Crippen LogP contribution in [0.1, 0.15) is 17.2 Å². The lowest BCUT2D eigenvalue weighted by molar-refractivity contribution is -0.156. The number of carbonyl (C=O) groups is 4. The van der Waals surface area contributed by atoms with Crippen molar-refractivity contribution in [2.45, 2.75) is 12.6 Å². The Morgan fingerprint density at radius 2 is 1.24 bits per heavy atom. The van der Waals surface area contributed by atoms with Crippen LogP contribution in [0.25, 0.3) is 21.7 Å². The van der Waals surface area contributed by atoms with Gasteiger partial charge in [-0.05, 0) is 34.1 Å². The molecule has 0 spiro atoms. The van der Waals surface area contributed by atoms with E-state index in [1.807, 2.05) is 53.6 Å². The second kappa shape index (κ2) is 21.1. The van der Waals surface area contributed by atoms with Crippen LogP contribution in [0, 0.1) is 0 Å². The van der Waals surface area contributed by atoms with Gasteiger partial charge in [-0.25, -0.2) is 0 Å². The normalized spacial score (nSPS) is 16.2. The average Bonchev–Trinajstić information content (AvgIpc) is 3.19. The van der Waals surface area contributed by atoms with E-state index in [2.05, 4.69) is 4.98 Å². The zero-order valence-electron chi connectivity index (χ0n) is 32.9. The number of hydrogen-bond acceptors (Lipinski definition) is 13. The van der Waals surface area contributed by atoms with Crippen LogP contribution in [0.5, 0.6) is 0 Å². The molecule has 0 radical (unpaired) electrons. The highest BCUT2D eigenvalue weighted by molar-refractivity contribution is 6.59. The van der Waals surface area contributed by atoms with Crippen molar-refractivity contribution in [1.29, 1.82) is 0 Å². The summed E-state index contributed by atoms with van der Waals surface area (Å²) in [5.41, 5.74) is 2.54. The smallest absolute Gasteiger partial charge is 0.480 e. The number of carbonyl (C=O) groups excluding carboxylic acids is 1. The second-order valence-corrected chi connectivity index (χ2v) is 14.5. The molecular weight excluding hydrogens is 749 g/mol. The van der Waals surface area contributed by atoms with Crippen molar-refractivity contribution < 1.29 is 49.4 Å². The summed E-state index contributed by atoms with van der Waals surface area (Å²) in [5, 5.41) is 53.4. The van der Waals surface area contributed by atoms with E-state index >= 15 is 0 Å². The third kappa shape index (κ3) is 12.5. The van der Waals surface area contributed by atoms with Gasteiger partial charge in [0.1, 0.15) is 0 Å². The lowest BCUT2D eigenvalue weighted by Crippen LogP contribution is -2.50. The molecule has 0 bridgehead atoms. The van der Waals surface area contributed by atoms with Crippen molar-refractivity contribution in [3.05, 3.63) is 84.1 Å². The summed E-state index contributed by atoms with van der Waals surface area (Å²) < 4.78 is 0. The highest BCUT2D eigenvalue weighted by Crippen LogP contribution is 2.29. The largest absolute Gasteiger partial charge is 0.488 e. The van der Waals surface area contributed by atoms with Crippen LogP contribution < -0.4 is 5.46 Å². The molecule has 0 aliphatic carbocycles. The number of carboxylic acid groups (broad SMARTS) is 3. The van der Waals surface area contributed by atoms with Crippen LogP contribution in [-0.2, 0) is 30.6 Å². The summed E-state index contributed by atoms with van der Waals surface area (Å²) in [6.07, 6.45) is 1.82. The highest BCUT2D eigenvalue weighted by Gasteiger charge is 2.29. The topological polar surface area (TPSA) is 211 Å². The Kier molecular flexibility index (Phi) is 16.0. The van der Waals surface area contributed by atoms with E-state index in [4.69, 9.17) is 4.84 Å². The van der Waals surface area contributed by atoms with E-state index in [0.29, 0.717) is 11.0 Å². The van der Waals surface area contributed by atoms with E-state index in [1.165, 1.54) is 7.11 Å². The first-order valence-electron chi connectivity index (χ1n) is 19.1. The summed E-state index contributed by atoms with van der Waals surface area (Å²) in [5.74, 6) is -3.36. The van der Waals surface area contributed by atoms with E-state index in [1.54, 1.807) is 56.0 Å². The lowest BCUT2D eigenvalue weighted by Gasteiger charge is -2.36. The summed E-state index contributed by atoms with van der Waals surface area (Å²) >= 11 is 0. The summed E-state index contributed by atoms with van der Waals surface area (Å²) in [6, 6.07) is 20.1. The molecule has 5 rings (SSSR count). The predicted molar refractivity (Wildman–Crippen MR) is 217 cm³/mol. The number of pyridine rings is 1. The number of nitrogens with zero attached hydrogens (tertiary/aromatic N) is 7. The van der Waals surface area contributed by atoms with Gasteiger partial charge in [-0.1, -0.05) is 54.6 Å². The maximum Gasteiger partial charge on any atom is 0.488 e. The van der Waals surface area contributed by atoms with Crippen LogP contribution in [0.2, 0.25) is 0 Å². The van der Waals surface area contributed by atoms with E-state index in [9.17, 15) is 44.5 Å². The SMILES string of the molecule is CON(Cc1ccccc1B(O)O)CC(c1ccc2ncc3ccccc3c2c1)N(C)C(=O)CN1CCN(CC(=O)O)CCN(CC(=O)O)CCN(CC(=O)O)CC1. The van der Waals surface area contributed by atoms with Crippen molar-refractivity contribution in [2.75, 3.05) is 99.2 Å². The summed E-state index contributed by atoms with van der Waals surface area (Å²) in [6.45, 7) is 1.64. The van der Waals surface area contributed by atoms with Gasteiger partial charge in [0.2, 0.25) is 5.91 Å². The molecule has 17 nitrogen and oxygen atoms in total. The van der Waals surface area contributed by atoms with Crippen LogP contribution in [-0.4, -0.2) is 190 Å². The molecule has 1 fully saturated rings. The Morgan fingerprint density at radius 1 is 0.724 bits per heavy atom. The average molecular weight is 802 g/mol. The summed E-state index contributed by atoms with van der Waals surface area (Å²) in [7, 11) is 1.52. The number of fused-ring (bicyclic) bond motifs is 3. The quantitative estimate of drug-likeness (QED) is 0.0578. The van der Waals surface area contributed by atoms with Crippen molar-refractivity contribution in [2.24, 2.45) is 0 Å². The molecule has 1 saturated heterocycles. The Bertz CT molecular complexity index is 2010. The highest BCUT2D eigenvalue weighted by atomic mass is 16.7. The zero-order chi connectivity index (χ0) is 41.8. The van der Waals surface area contributed by atoms with Crippen molar-refractivity contribution >= 4 is 58.1 Å². The molecule has 3 aromatic carbocycles. The number of carboxylic acids is 3. The number of aromatic nitrogens is 1. The fraction of sp³-hybridized carbons (Fsp3) is 0.425. The van der Waals surface area contributed by atoms with Gasteiger partial charge >= 0.3 is 25.0 Å². The van der Waals surface area contributed by atoms with Crippen LogP contribution in [0.4, 0.5) is 0 Å². The molecular formula is C40H52BN7O10. The fourth-order valence-corrected chi connectivity index (χ4v) is 7.31.